The van der Waals surface area contributed by atoms with Crippen LogP contribution in [0, 0.1) is 5.92 Å². The monoisotopic (exact) mass is 465 g/mol. The molecule has 1 fully saturated rings. The molecule has 34 heavy (non-hydrogen) atoms. The van der Waals surface area contributed by atoms with Crippen molar-refractivity contribution in [2.45, 2.75) is 51.6 Å². The van der Waals surface area contributed by atoms with Gasteiger partial charge in [-0.05, 0) is 55.0 Å². The predicted molar refractivity (Wildman–Crippen MR) is 127 cm³/mol. The van der Waals surface area contributed by atoms with Gasteiger partial charge in [-0.1, -0.05) is 55.5 Å². The molecule has 1 heterocycles. The number of hydrogen-bond donors (Lipinski definition) is 1. The van der Waals surface area contributed by atoms with E-state index in [2.05, 4.69) is 0 Å². The van der Waals surface area contributed by atoms with Crippen LogP contribution in [-0.4, -0.2) is 35.1 Å². The first-order valence-electron chi connectivity index (χ1n) is 11.5. The van der Waals surface area contributed by atoms with Crippen molar-refractivity contribution in [2.24, 2.45) is 5.92 Å². The van der Waals surface area contributed by atoms with E-state index < -0.39 is 29.3 Å². The third kappa shape index (κ3) is 5.20. The summed E-state index contributed by atoms with van der Waals surface area (Å²) in [5.41, 5.74) is 0.523. The number of methoxy groups -OCH3 is 1. The van der Waals surface area contributed by atoms with Gasteiger partial charge in [0.1, 0.15) is 11.4 Å². The van der Waals surface area contributed by atoms with Crippen LogP contribution < -0.4 is 4.74 Å². The molecule has 0 aromatic heterocycles. The summed E-state index contributed by atoms with van der Waals surface area (Å²) in [6.45, 7) is 3.89. The van der Waals surface area contributed by atoms with Gasteiger partial charge >= 0.3 is 5.97 Å². The lowest BCUT2D eigenvalue weighted by Crippen LogP contribution is -2.34. The molecule has 7 nitrogen and oxygen atoms in total. The van der Waals surface area contributed by atoms with Crippen molar-refractivity contribution in [1.82, 2.24) is 5.06 Å². The van der Waals surface area contributed by atoms with E-state index in [0.29, 0.717) is 40.4 Å². The second-order valence-electron chi connectivity index (χ2n) is 8.19. The zero-order valence-electron chi connectivity index (χ0n) is 19.8. The Morgan fingerprint density at radius 3 is 2.47 bits per heavy atom. The molecule has 1 N–H and O–H groups in total. The van der Waals surface area contributed by atoms with Crippen LogP contribution in [0.15, 0.2) is 71.9 Å². The normalized spacial score (nSPS) is 20.8. The minimum atomic E-state index is -1.46. The lowest BCUT2D eigenvalue weighted by atomic mass is 9.78. The van der Waals surface area contributed by atoms with Crippen molar-refractivity contribution in [3.63, 3.8) is 0 Å². The van der Waals surface area contributed by atoms with E-state index in [1.165, 1.54) is 0 Å². The van der Waals surface area contributed by atoms with Crippen molar-refractivity contribution >= 4 is 17.8 Å². The molecule has 1 saturated heterocycles. The van der Waals surface area contributed by atoms with Crippen LogP contribution in [-0.2, 0) is 24.8 Å². The van der Waals surface area contributed by atoms with Crippen molar-refractivity contribution in [1.29, 1.82) is 0 Å². The number of aliphatic hydroxyl groups is 1. The summed E-state index contributed by atoms with van der Waals surface area (Å²) in [5, 5.41) is 12.7. The van der Waals surface area contributed by atoms with E-state index in [0.717, 1.165) is 6.42 Å². The maximum absolute atomic E-state index is 12.7. The highest BCUT2D eigenvalue weighted by molar-refractivity contribution is 6.01. The number of imide groups is 1. The Bertz CT molecular complexity index is 1030. The van der Waals surface area contributed by atoms with Gasteiger partial charge < -0.3 is 14.7 Å². The molecule has 0 radical (unpaired) electrons. The fourth-order valence-corrected chi connectivity index (χ4v) is 4.09. The number of nitrogens with zero attached hydrogens (tertiary/aromatic N) is 1. The number of hydrogen-bond acceptors (Lipinski definition) is 6. The average Bonchev–Trinajstić information content (AvgIpc) is 3.04. The van der Waals surface area contributed by atoms with Crippen molar-refractivity contribution in [2.75, 3.05) is 7.11 Å². The molecule has 180 valence electrons. The lowest BCUT2D eigenvalue weighted by molar-refractivity contribution is -0.199. The third-order valence-electron chi connectivity index (χ3n) is 6.03. The Labute approximate surface area is 200 Å². The first-order chi connectivity index (χ1) is 16.3. The molecule has 7 heteroatoms. The van der Waals surface area contributed by atoms with Crippen molar-refractivity contribution in [3.8, 4) is 5.75 Å². The summed E-state index contributed by atoms with van der Waals surface area (Å²) in [6, 6.07) is 7.22. The number of allylic oxidation sites excluding steroid dienone is 3. The van der Waals surface area contributed by atoms with Crippen molar-refractivity contribution < 1.29 is 29.1 Å². The molecule has 1 aliphatic carbocycles. The van der Waals surface area contributed by atoms with Crippen LogP contribution in [0.3, 0.4) is 0 Å². The topological polar surface area (TPSA) is 93.1 Å². The highest BCUT2D eigenvalue weighted by Gasteiger charge is 2.37. The molecule has 0 saturated carbocycles. The Hall–Kier alpha value is -3.45. The second-order valence-corrected chi connectivity index (χ2v) is 8.19. The van der Waals surface area contributed by atoms with Crippen LogP contribution in [0.5, 0.6) is 5.75 Å². The number of carbonyl (C=O) groups is 3. The summed E-state index contributed by atoms with van der Waals surface area (Å²) in [6.07, 6.45) is 12.9. The van der Waals surface area contributed by atoms with Crippen LogP contribution >= 0.6 is 0 Å². The number of amides is 2. The van der Waals surface area contributed by atoms with E-state index in [1.807, 2.05) is 50.3 Å². The standard InChI is InChI=1S/C27H31NO6/c1-4-6-9-20(5-2)27(32,22-13-15-23(33-3)16-14-22)21-10-7-8-19(11-12-21)26(31)34-28-24(29)17-18-25(28)30/h5-6,9-16,19,32H,4,7-8,17-18H2,1-3H3/b9-6-,20-5+. The molecular formula is C27H31NO6. The Kier molecular flexibility index (Phi) is 8.23. The number of ether oxygens (including phenoxy) is 1. The van der Waals surface area contributed by atoms with Gasteiger partial charge in [-0.15, -0.1) is 5.06 Å². The molecule has 2 amide bonds. The zero-order valence-corrected chi connectivity index (χ0v) is 19.8. The molecule has 0 spiro atoms. The SMILES string of the molecule is C/C=C(\C=C/CC)C(O)(C1=CCCC(C(=O)ON2C(=O)CCC2=O)C=C1)c1ccc(OC)cc1. The van der Waals surface area contributed by atoms with Gasteiger partial charge in [0.25, 0.3) is 11.8 Å². The van der Waals surface area contributed by atoms with Gasteiger partial charge in [-0.3, -0.25) is 9.59 Å². The number of benzene rings is 1. The minimum absolute atomic E-state index is 0.0463. The molecule has 1 aliphatic heterocycles. The van der Waals surface area contributed by atoms with Crippen molar-refractivity contribution in [3.05, 3.63) is 77.4 Å². The summed E-state index contributed by atoms with van der Waals surface area (Å²) >= 11 is 0. The smallest absolute Gasteiger partial charge is 0.339 e. The number of rotatable bonds is 8. The molecular weight excluding hydrogens is 434 g/mol. The first-order valence-corrected chi connectivity index (χ1v) is 11.5. The second kappa shape index (κ2) is 11.1. The number of hydroxylamine groups is 2. The molecule has 0 bridgehead atoms. The Balaban J connectivity index is 1.92. The lowest BCUT2D eigenvalue weighted by Gasteiger charge is -2.32. The first kappa shape index (κ1) is 25.2. The summed E-state index contributed by atoms with van der Waals surface area (Å²) in [7, 11) is 1.58. The summed E-state index contributed by atoms with van der Waals surface area (Å²) in [5.74, 6) is -1.67. The summed E-state index contributed by atoms with van der Waals surface area (Å²) in [4.78, 5) is 41.4. The quantitative estimate of drug-likeness (QED) is 0.455. The van der Waals surface area contributed by atoms with Gasteiger partial charge in [0.2, 0.25) is 0 Å². The fraction of sp³-hybridized carbons (Fsp3) is 0.370. The maximum Gasteiger partial charge on any atom is 0.339 e. The van der Waals surface area contributed by atoms with Gasteiger partial charge in [-0.2, -0.15) is 0 Å². The van der Waals surface area contributed by atoms with Gasteiger partial charge in [-0.25, -0.2) is 4.79 Å². The Morgan fingerprint density at radius 1 is 1.21 bits per heavy atom. The molecule has 2 atom stereocenters. The highest BCUT2D eigenvalue weighted by atomic mass is 16.7. The van der Waals surface area contributed by atoms with Gasteiger partial charge in [0, 0.05) is 12.8 Å². The Morgan fingerprint density at radius 2 is 1.88 bits per heavy atom. The maximum atomic E-state index is 12.7. The van der Waals surface area contributed by atoms with E-state index in [9.17, 15) is 19.5 Å². The van der Waals surface area contributed by atoms with E-state index >= 15 is 0 Å². The van der Waals surface area contributed by atoms with Crippen LogP contribution in [0.1, 0.15) is 51.5 Å². The van der Waals surface area contributed by atoms with E-state index in [-0.39, 0.29) is 12.8 Å². The molecule has 1 aromatic carbocycles. The molecule has 1 aromatic rings. The minimum Gasteiger partial charge on any atom is -0.497 e. The average molecular weight is 466 g/mol. The third-order valence-corrected chi connectivity index (χ3v) is 6.03. The van der Waals surface area contributed by atoms with Gasteiger partial charge in [0.05, 0.1) is 13.0 Å². The van der Waals surface area contributed by atoms with E-state index in [4.69, 9.17) is 9.57 Å². The zero-order chi connectivity index (χ0) is 24.7. The predicted octanol–water partition coefficient (Wildman–Crippen LogP) is 4.30. The fourth-order valence-electron chi connectivity index (χ4n) is 4.09. The number of carbonyl (C=O) groups excluding carboxylic acids is 3. The van der Waals surface area contributed by atoms with Gasteiger partial charge in [0.15, 0.2) is 0 Å². The summed E-state index contributed by atoms with van der Waals surface area (Å²) < 4.78 is 5.27. The van der Waals surface area contributed by atoms with E-state index in [1.54, 1.807) is 31.4 Å². The molecule has 3 rings (SSSR count). The van der Waals surface area contributed by atoms with Crippen LogP contribution in [0.4, 0.5) is 0 Å². The highest BCUT2D eigenvalue weighted by Crippen LogP contribution is 2.40. The molecule has 2 unspecified atom stereocenters. The largest absolute Gasteiger partial charge is 0.497 e. The van der Waals surface area contributed by atoms with Crippen LogP contribution in [0.25, 0.3) is 0 Å². The van der Waals surface area contributed by atoms with Crippen LogP contribution in [0.2, 0.25) is 0 Å². The molecule has 2 aliphatic rings.